The number of nitro groups is 4. The fourth-order valence-corrected chi connectivity index (χ4v) is 2.97. The van der Waals surface area contributed by atoms with Crippen molar-refractivity contribution >= 4 is 39.8 Å². The van der Waals surface area contributed by atoms with Crippen LogP contribution in [0.25, 0.3) is 0 Å². The zero-order valence-corrected chi connectivity index (χ0v) is 16.6. The fourth-order valence-electron chi connectivity index (χ4n) is 2.97. The lowest BCUT2D eigenvalue weighted by Gasteiger charge is -2.24. The van der Waals surface area contributed by atoms with E-state index in [1.807, 2.05) is 0 Å². The molecule has 15 heteroatoms. The Morgan fingerprint density at radius 3 is 1.39 bits per heavy atom. The van der Waals surface area contributed by atoms with Crippen molar-refractivity contribution in [3.8, 4) is 0 Å². The number of benzene rings is 2. The second-order valence-electron chi connectivity index (χ2n) is 6.43. The van der Waals surface area contributed by atoms with E-state index in [-0.39, 0.29) is 21.8 Å². The molecule has 0 atom stereocenters. The predicted molar refractivity (Wildman–Crippen MR) is 109 cm³/mol. The summed E-state index contributed by atoms with van der Waals surface area (Å²) in [4.78, 5) is 43.4. The van der Waals surface area contributed by atoms with E-state index in [2.05, 4.69) is 0 Å². The molecule has 3 rings (SSSR count). The van der Waals surface area contributed by atoms with Crippen LogP contribution in [0.2, 0.25) is 0 Å². The van der Waals surface area contributed by atoms with E-state index in [1.54, 1.807) is 24.0 Å². The Kier molecular flexibility index (Phi) is 6.87. The van der Waals surface area contributed by atoms with Crippen LogP contribution < -0.4 is 14.2 Å². The molecule has 0 saturated carbocycles. The Morgan fingerprint density at radius 2 is 1.06 bits per heavy atom. The Balaban J connectivity index is 0.00000385. The van der Waals surface area contributed by atoms with Gasteiger partial charge in [0.15, 0.2) is 12.4 Å². The summed E-state index contributed by atoms with van der Waals surface area (Å²) in [5, 5.41) is 45.6. The van der Waals surface area contributed by atoms with Crippen molar-refractivity contribution in [1.82, 2.24) is 0 Å². The molecule has 0 amide bonds. The van der Waals surface area contributed by atoms with Crippen LogP contribution in [0.4, 0.5) is 39.8 Å². The maximum absolute atomic E-state index is 11.7. The normalized spacial score (nSPS) is 10.1. The number of nitro benzene ring substituents is 4. The molecule has 0 spiro atoms. The average molecular weight is 460 g/mol. The van der Waals surface area contributed by atoms with Gasteiger partial charge < -0.3 is 4.70 Å². The Hall–Kier alpha value is -5.08. The smallest absolute Gasteiger partial charge is 0.300 e. The van der Waals surface area contributed by atoms with Crippen LogP contribution in [-0.2, 0) is 7.05 Å². The summed E-state index contributed by atoms with van der Waals surface area (Å²) in [6.45, 7) is 0. The highest BCUT2D eigenvalue weighted by Crippen LogP contribution is 2.45. The Morgan fingerprint density at radius 1 is 0.667 bits per heavy atom. The van der Waals surface area contributed by atoms with Crippen LogP contribution >= 0.6 is 0 Å². The van der Waals surface area contributed by atoms with E-state index >= 15 is 0 Å². The molecule has 14 nitrogen and oxygen atoms in total. The van der Waals surface area contributed by atoms with Crippen LogP contribution in [0.15, 0.2) is 60.9 Å². The molecule has 2 aromatic carbocycles. The molecular weight excluding hydrogens is 447 g/mol. The van der Waals surface area contributed by atoms with Gasteiger partial charge in [0.2, 0.25) is 0 Å². The highest BCUT2D eigenvalue weighted by molar-refractivity contribution is 5.87. The quantitative estimate of drug-likeness (QED) is 0.277. The van der Waals surface area contributed by atoms with Crippen LogP contribution in [0.1, 0.15) is 0 Å². The first-order valence-electron chi connectivity index (χ1n) is 8.71. The van der Waals surface area contributed by atoms with Gasteiger partial charge >= 0.3 is 0 Å². The van der Waals surface area contributed by atoms with Gasteiger partial charge in [-0.25, -0.2) is 4.57 Å². The van der Waals surface area contributed by atoms with Gasteiger partial charge in [-0.3, -0.25) is 45.4 Å². The minimum atomic E-state index is -0.852. The van der Waals surface area contributed by atoms with E-state index < -0.39 is 42.4 Å². The molecular formula is C18H13FN6O8. The number of nitrogens with zero attached hydrogens (tertiary/aromatic N) is 6. The number of rotatable bonds is 7. The van der Waals surface area contributed by atoms with Crippen molar-refractivity contribution in [1.29, 1.82) is 0 Å². The summed E-state index contributed by atoms with van der Waals surface area (Å²) < 4.78 is 1.65. The zero-order chi connectivity index (χ0) is 23.6. The lowest BCUT2D eigenvalue weighted by Crippen LogP contribution is -3.00. The third-order valence-corrected chi connectivity index (χ3v) is 4.43. The first kappa shape index (κ1) is 24.2. The minimum Gasteiger partial charge on any atom is -1.00 e. The predicted octanol–water partition coefficient (Wildman–Crippen LogP) is 0.618. The molecule has 0 fully saturated rings. The van der Waals surface area contributed by atoms with Crippen molar-refractivity contribution in [3.63, 3.8) is 0 Å². The van der Waals surface area contributed by atoms with E-state index in [1.165, 1.54) is 12.1 Å². The summed E-state index contributed by atoms with van der Waals surface area (Å²) >= 11 is 0. The molecule has 0 aliphatic rings. The fraction of sp³-hybridized carbons (Fsp3) is 0.0556. The minimum absolute atomic E-state index is 0. The zero-order valence-electron chi connectivity index (χ0n) is 16.6. The van der Waals surface area contributed by atoms with Gasteiger partial charge in [0, 0.05) is 24.3 Å². The highest BCUT2D eigenvalue weighted by atomic mass is 19.0. The topological polar surface area (TPSA) is 180 Å². The highest BCUT2D eigenvalue weighted by Gasteiger charge is 2.31. The summed E-state index contributed by atoms with van der Waals surface area (Å²) in [5.74, 6) is 0. The Labute approximate surface area is 182 Å². The molecule has 0 saturated heterocycles. The third-order valence-electron chi connectivity index (χ3n) is 4.43. The van der Waals surface area contributed by atoms with E-state index in [4.69, 9.17) is 0 Å². The number of aromatic nitrogens is 1. The third kappa shape index (κ3) is 4.82. The molecule has 0 bridgehead atoms. The van der Waals surface area contributed by atoms with Gasteiger partial charge in [-0.1, -0.05) is 0 Å². The molecule has 170 valence electrons. The summed E-state index contributed by atoms with van der Waals surface area (Å²) in [5.41, 5.74) is -2.61. The molecule has 1 aromatic heterocycles. The molecule has 0 aliphatic heterocycles. The number of aryl methyl sites for hydroxylation is 1. The van der Waals surface area contributed by atoms with Crippen LogP contribution in [-0.4, -0.2) is 19.7 Å². The molecule has 0 aliphatic carbocycles. The maximum Gasteiger partial charge on any atom is 0.300 e. The van der Waals surface area contributed by atoms with Crippen molar-refractivity contribution < 1.29 is 29.0 Å². The van der Waals surface area contributed by atoms with Crippen molar-refractivity contribution in [2.45, 2.75) is 0 Å². The largest absolute Gasteiger partial charge is 1.00 e. The lowest BCUT2D eigenvalue weighted by atomic mass is 10.1. The molecule has 1 heterocycles. The first-order valence-corrected chi connectivity index (χ1v) is 8.71. The van der Waals surface area contributed by atoms with Crippen molar-refractivity contribution in [2.24, 2.45) is 7.05 Å². The van der Waals surface area contributed by atoms with Gasteiger partial charge in [0.05, 0.1) is 37.5 Å². The van der Waals surface area contributed by atoms with Gasteiger partial charge in [0.1, 0.15) is 18.4 Å². The SMILES string of the molecule is C[n+]1ccc(N(c2ccc([N+](=O)[O-])cc2[N+](=O)[O-])c2ccc([N+](=O)[O-])cc2[N+](=O)[O-])cc1.[F-]. The average Bonchev–Trinajstić information content (AvgIpc) is 2.75. The molecule has 0 N–H and O–H groups in total. The van der Waals surface area contributed by atoms with Gasteiger partial charge in [-0.05, 0) is 12.1 Å². The number of hydrogen-bond donors (Lipinski definition) is 0. The summed E-state index contributed by atoms with van der Waals surface area (Å²) in [6.07, 6.45) is 3.16. The van der Waals surface area contributed by atoms with Gasteiger partial charge in [-0.15, -0.1) is 0 Å². The molecule has 0 unspecified atom stereocenters. The standard InChI is InChI=1S/C18H13N6O8.FH/c1-19-8-6-12(7-9-19)20(15-4-2-13(21(25)26)10-17(15)23(29)30)16-5-3-14(22(27)28)11-18(16)24(31)32;/h2-11H,1H3;1H/q+1;/p-1. The van der Waals surface area contributed by atoms with Crippen molar-refractivity contribution in [2.75, 3.05) is 4.90 Å². The number of halogens is 1. The van der Waals surface area contributed by atoms with Crippen LogP contribution in [0.3, 0.4) is 0 Å². The van der Waals surface area contributed by atoms with Crippen LogP contribution in [0.5, 0.6) is 0 Å². The lowest BCUT2D eigenvalue weighted by molar-refractivity contribution is -0.671. The summed E-state index contributed by atoms with van der Waals surface area (Å²) in [6, 6.07) is 8.73. The number of anilines is 3. The number of pyridine rings is 1. The monoisotopic (exact) mass is 460 g/mol. The van der Waals surface area contributed by atoms with Gasteiger partial charge in [0.25, 0.3) is 22.7 Å². The molecule has 3 aromatic rings. The van der Waals surface area contributed by atoms with Crippen molar-refractivity contribution in [3.05, 3.63) is 101 Å². The molecule has 33 heavy (non-hydrogen) atoms. The first-order chi connectivity index (χ1) is 15.1. The number of hydrogen-bond acceptors (Lipinski definition) is 9. The second-order valence-corrected chi connectivity index (χ2v) is 6.43. The van der Waals surface area contributed by atoms with E-state index in [9.17, 15) is 40.5 Å². The number of non-ortho nitro benzene ring substituents is 2. The van der Waals surface area contributed by atoms with Gasteiger partial charge in [-0.2, -0.15) is 0 Å². The Bertz CT molecular complexity index is 1190. The van der Waals surface area contributed by atoms with E-state index in [0.29, 0.717) is 0 Å². The second kappa shape index (κ2) is 9.38. The maximum atomic E-state index is 11.7. The van der Waals surface area contributed by atoms with E-state index in [0.717, 1.165) is 41.3 Å². The molecule has 0 radical (unpaired) electrons. The van der Waals surface area contributed by atoms with Crippen LogP contribution in [0, 0.1) is 40.5 Å². The summed E-state index contributed by atoms with van der Waals surface area (Å²) in [7, 11) is 1.71.